The number of primary amides is 1. The van der Waals surface area contributed by atoms with E-state index in [9.17, 15) is 18.6 Å². The van der Waals surface area contributed by atoms with Crippen molar-refractivity contribution >= 4 is 28.6 Å². The summed E-state index contributed by atoms with van der Waals surface area (Å²) in [5.41, 5.74) is 5.00. The standard InChI is InChI=1S/C9H16N2O5S/c1-5(8(10)13)3-17(16)4-7(9(14)15)11-6(2)12/h5,7H,3-4H2,1-2H3,(H2,10,13)(H,11,12)(H,14,15)/t5?,7-,17?/m0/s1. The predicted molar refractivity (Wildman–Crippen MR) is 61.5 cm³/mol. The first kappa shape index (κ1) is 15.6. The number of carboxylic acid groups (broad SMARTS) is 1. The van der Waals surface area contributed by atoms with Crippen molar-refractivity contribution < 1.29 is 23.7 Å². The van der Waals surface area contributed by atoms with Crippen LogP contribution in [0.4, 0.5) is 0 Å². The molecule has 7 nitrogen and oxygen atoms in total. The van der Waals surface area contributed by atoms with E-state index >= 15 is 0 Å². The third kappa shape index (κ3) is 6.67. The van der Waals surface area contributed by atoms with Gasteiger partial charge in [0.25, 0.3) is 0 Å². The molecular weight excluding hydrogens is 248 g/mol. The molecule has 0 bridgehead atoms. The molecule has 0 aromatic carbocycles. The van der Waals surface area contributed by atoms with Crippen LogP contribution in [-0.4, -0.2) is 44.6 Å². The van der Waals surface area contributed by atoms with E-state index in [-0.39, 0.29) is 11.5 Å². The zero-order valence-electron chi connectivity index (χ0n) is 9.63. The maximum absolute atomic E-state index is 11.5. The molecule has 17 heavy (non-hydrogen) atoms. The van der Waals surface area contributed by atoms with Gasteiger partial charge in [-0.15, -0.1) is 0 Å². The molecule has 2 amide bonds. The third-order valence-corrected chi connectivity index (χ3v) is 3.53. The highest BCUT2D eigenvalue weighted by Crippen LogP contribution is 2.00. The first-order valence-electron chi connectivity index (χ1n) is 4.88. The van der Waals surface area contributed by atoms with Crippen molar-refractivity contribution in [3.05, 3.63) is 0 Å². The Labute approximate surface area is 101 Å². The normalized spacial score (nSPS) is 15.6. The van der Waals surface area contributed by atoms with Crippen LogP contribution in [0.3, 0.4) is 0 Å². The largest absolute Gasteiger partial charge is 0.480 e. The van der Waals surface area contributed by atoms with E-state index in [0.29, 0.717) is 0 Å². The second kappa shape index (κ2) is 7.00. The molecule has 0 aromatic heterocycles. The predicted octanol–water partition coefficient (Wildman–Crippen LogP) is -1.55. The summed E-state index contributed by atoms with van der Waals surface area (Å²) in [6, 6.07) is -1.21. The van der Waals surface area contributed by atoms with E-state index in [2.05, 4.69) is 5.32 Å². The Morgan fingerprint density at radius 1 is 1.35 bits per heavy atom. The molecule has 3 atom stereocenters. The molecule has 0 saturated heterocycles. The monoisotopic (exact) mass is 264 g/mol. The maximum Gasteiger partial charge on any atom is 0.327 e. The molecule has 0 heterocycles. The lowest BCUT2D eigenvalue weighted by Crippen LogP contribution is -2.44. The lowest BCUT2D eigenvalue weighted by Gasteiger charge is -2.13. The molecule has 0 aliphatic heterocycles. The Kier molecular flexibility index (Phi) is 6.40. The van der Waals surface area contributed by atoms with Crippen molar-refractivity contribution in [2.24, 2.45) is 11.7 Å². The highest BCUT2D eigenvalue weighted by molar-refractivity contribution is 7.85. The van der Waals surface area contributed by atoms with Gasteiger partial charge in [-0.25, -0.2) is 4.79 Å². The minimum absolute atomic E-state index is 0.0152. The molecule has 0 saturated carbocycles. The van der Waals surface area contributed by atoms with Crippen molar-refractivity contribution in [1.82, 2.24) is 5.32 Å². The number of rotatable bonds is 7. The van der Waals surface area contributed by atoms with Crippen LogP contribution in [0, 0.1) is 5.92 Å². The number of carbonyl (C=O) groups is 3. The van der Waals surface area contributed by atoms with Gasteiger partial charge >= 0.3 is 5.97 Å². The molecule has 0 rings (SSSR count). The second-order valence-electron chi connectivity index (χ2n) is 3.67. The molecule has 0 fully saturated rings. The fourth-order valence-corrected chi connectivity index (χ4v) is 2.49. The zero-order chi connectivity index (χ0) is 13.6. The maximum atomic E-state index is 11.5. The van der Waals surface area contributed by atoms with Crippen LogP contribution in [-0.2, 0) is 25.2 Å². The van der Waals surface area contributed by atoms with Crippen molar-refractivity contribution in [3.8, 4) is 0 Å². The fourth-order valence-electron chi connectivity index (χ4n) is 1.03. The van der Waals surface area contributed by atoms with Crippen LogP contribution in [0.1, 0.15) is 13.8 Å². The van der Waals surface area contributed by atoms with Gasteiger partial charge in [0.2, 0.25) is 11.8 Å². The lowest BCUT2D eigenvalue weighted by atomic mass is 10.2. The van der Waals surface area contributed by atoms with Crippen LogP contribution in [0.15, 0.2) is 0 Å². The second-order valence-corrected chi connectivity index (χ2v) is 5.21. The molecular formula is C9H16N2O5S. The molecule has 0 aliphatic carbocycles. The quantitative estimate of drug-likeness (QED) is 0.513. The smallest absolute Gasteiger partial charge is 0.327 e. The van der Waals surface area contributed by atoms with Crippen LogP contribution < -0.4 is 11.1 Å². The van der Waals surface area contributed by atoms with E-state index in [1.165, 1.54) is 13.8 Å². The molecule has 98 valence electrons. The minimum atomic E-state index is -1.53. The summed E-state index contributed by atoms with van der Waals surface area (Å²) in [6.45, 7) is 2.68. The van der Waals surface area contributed by atoms with Gasteiger partial charge in [0, 0.05) is 29.4 Å². The topological polar surface area (TPSA) is 127 Å². The summed E-state index contributed by atoms with van der Waals surface area (Å²) in [4.78, 5) is 32.2. The van der Waals surface area contributed by atoms with E-state index in [1.54, 1.807) is 0 Å². The van der Waals surface area contributed by atoms with Crippen molar-refractivity contribution in [1.29, 1.82) is 0 Å². The summed E-state index contributed by atoms with van der Waals surface area (Å²) >= 11 is 0. The van der Waals surface area contributed by atoms with E-state index < -0.39 is 40.5 Å². The van der Waals surface area contributed by atoms with Gasteiger partial charge in [0.15, 0.2) is 0 Å². The molecule has 0 spiro atoms. The summed E-state index contributed by atoms with van der Waals surface area (Å²) < 4.78 is 11.5. The molecule has 2 unspecified atom stereocenters. The van der Waals surface area contributed by atoms with Crippen LogP contribution in [0.25, 0.3) is 0 Å². The summed E-state index contributed by atoms with van der Waals surface area (Å²) in [7, 11) is -1.53. The average Bonchev–Trinajstić information content (AvgIpc) is 2.15. The number of aliphatic carboxylic acids is 1. The van der Waals surface area contributed by atoms with Gasteiger partial charge in [0.05, 0.1) is 5.75 Å². The van der Waals surface area contributed by atoms with E-state index in [1.807, 2.05) is 0 Å². The molecule has 0 radical (unpaired) electrons. The van der Waals surface area contributed by atoms with Gasteiger partial charge in [0.1, 0.15) is 6.04 Å². The van der Waals surface area contributed by atoms with E-state index in [0.717, 1.165) is 0 Å². The van der Waals surface area contributed by atoms with E-state index in [4.69, 9.17) is 10.8 Å². The highest BCUT2D eigenvalue weighted by atomic mass is 32.2. The van der Waals surface area contributed by atoms with Crippen molar-refractivity contribution in [2.75, 3.05) is 11.5 Å². The number of carbonyl (C=O) groups excluding carboxylic acids is 2. The lowest BCUT2D eigenvalue weighted by molar-refractivity contribution is -0.140. The Hall–Kier alpha value is -1.44. The molecule has 0 aliphatic rings. The van der Waals surface area contributed by atoms with Gasteiger partial charge < -0.3 is 16.2 Å². The first-order chi connectivity index (χ1) is 7.73. The number of nitrogens with one attached hydrogen (secondary N) is 1. The number of hydrogen-bond acceptors (Lipinski definition) is 4. The SMILES string of the molecule is CC(=O)N[C@@H](CS(=O)CC(C)C(N)=O)C(=O)O. The van der Waals surface area contributed by atoms with Crippen molar-refractivity contribution in [2.45, 2.75) is 19.9 Å². The molecule has 0 aromatic rings. The van der Waals surface area contributed by atoms with Crippen molar-refractivity contribution in [3.63, 3.8) is 0 Å². The number of nitrogens with two attached hydrogens (primary N) is 1. The van der Waals surface area contributed by atoms with Gasteiger partial charge in [-0.1, -0.05) is 6.92 Å². The Balaban J connectivity index is 4.36. The summed E-state index contributed by atoms with van der Waals surface area (Å²) in [5.74, 6) is -3.23. The minimum Gasteiger partial charge on any atom is -0.480 e. The van der Waals surface area contributed by atoms with Crippen LogP contribution in [0.5, 0.6) is 0 Å². The fraction of sp³-hybridized carbons (Fsp3) is 0.667. The first-order valence-corrected chi connectivity index (χ1v) is 6.37. The Bertz CT molecular complexity index is 344. The average molecular weight is 264 g/mol. The number of hydrogen-bond donors (Lipinski definition) is 3. The van der Waals surface area contributed by atoms with Gasteiger partial charge in [-0.2, -0.15) is 0 Å². The van der Waals surface area contributed by atoms with Crippen LogP contribution in [0.2, 0.25) is 0 Å². The zero-order valence-corrected chi connectivity index (χ0v) is 10.5. The summed E-state index contributed by atoms with van der Waals surface area (Å²) in [6.07, 6.45) is 0. The van der Waals surface area contributed by atoms with Gasteiger partial charge in [-0.3, -0.25) is 13.8 Å². The Morgan fingerprint density at radius 2 is 1.88 bits per heavy atom. The Morgan fingerprint density at radius 3 is 2.24 bits per heavy atom. The number of amides is 2. The number of carboxylic acids is 1. The summed E-state index contributed by atoms with van der Waals surface area (Å²) in [5, 5.41) is 10.9. The third-order valence-electron chi connectivity index (χ3n) is 1.95. The highest BCUT2D eigenvalue weighted by Gasteiger charge is 2.23. The molecule has 8 heteroatoms. The van der Waals surface area contributed by atoms with Gasteiger partial charge in [-0.05, 0) is 0 Å². The van der Waals surface area contributed by atoms with Crippen LogP contribution >= 0.6 is 0 Å². The molecule has 4 N–H and O–H groups in total.